The molecule has 2 aromatic carbocycles. The van der Waals surface area contributed by atoms with Crippen LogP contribution in [0.15, 0.2) is 53.9 Å². The number of halogens is 1. The highest BCUT2D eigenvalue weighted by Crippen LogP contribution is 2.39. The molecular weight excluding hydrogens is 508 g/mol. The Balaban J connectivity index is 1.42. The van der Waals surface area contributed by atoms with Gasteiger partial charge in [0.25, 0.3) is 17.7 Å². The van der Waals surface area contributed by atoms with E-state index in [1.54, 1.807) is 48.7 Å². The van der Waals surface area contributed by atoms with Crippen LogP contribution in [0.4, 0.5) is 5.00 Å². The molecule has 11 heteroatoms. The lowest BCUT2D eigenvalue weighted by Gasteiger charge is -2.13. The fraction of sp³-hybridized carbons (Fsp3) is 0.160. The van der Waals surface area contributed by atoms with Crippen LogP contribution in [0.25, 0.3) is 11.1 Å². The molecule has 184 valence electrons. The maximum atomic E-state index is 12.7. The number of carbonyl (C=O) groups excluding carboxylic acids is 5. The molecule has 0 bridgehead atoms. The smallest absolute Gasteiger partial charge is 0.341 e. The molecule has 0 unspecified atom stereocenters. The predicted molar refractivity (Wildman–Crippen MR) is 132 cm³/mol. The van der Waals surface area contributed by atoms with Gasteiger partial charge in [0.05, 0.1) is 17.7 Å². The van der Waals surface area contributed by atoms with Gasteiger partial charge >= 0.3 is 11.9 Å². The van der Waals surface area contributed by atoms with Crippen LogP contribution in [0.3, 0.4) is 0 Å². The zero-order valence-electron chi connectivity index (χ0n) is 18.9. The average Bonchev–Trinajstić information content (AvgIpc) is 3.38. The van der Waals surface area contributed by atoms with Gasteiger partial charge in [0.2, 0.25) is 0 Å². The van der Waals surface area contributed by atoms with E-state index in [0.29, 0.717) is 16.1 Å². The second kappa shape index (κ2) is 10.7. The van der Waals surface area contributed by atoms with Crippen LogP contribution in [-0.2, 0) is 19.1 Å². The molecule has 0 fully saturated rings. The predicted octanol–water partition coefficient (Wildman–Crippen LogP) is 4.02. The van der Waals surface area contributed by atoms with E-state index in [0.717, 1.165) is 16.2 Å². The number of fused-ring (bicyclic) bond motifs is 1. The monoisotopic (exact) mass is 526 g/mol. The van der Waals surface area contributed by atoms with Gasteiger partial charge < -0.3 is 14.8 Å². The fourth-order valence-corrected chi connectivity index (χ4v) is 4.80. The van der Waals surface area contributed by atoms with Crippen molar-refractivity contribution in [2.45, 2.75) is 6.92 Å². The quantitative estimate of drug-likeness (QED) is 0.348. The lowest BCUT2D eigenvalue weighted by Crippen LogP contribution is -2.36. The standard InChI is InChI=1S/C25H19ClN2O7S/c1-2-34-25(33)21-17(14-7-5-6-10-18(14)26)13-36-22(21)27-19(29)12-35-20(30)11-28-23(31)15-8-3-4-9-16(15)24(28)32/h3-10,13H,2,11-12H2,1H3,(H,27,29). The number of esters is 2. The molecule has 1 aliphatic heterocycles. The van der Waals surface area contributed by atoms with Crippen molar-refractivity contribution in [3.05, 3.63) is 75.6 Å². The zero-order valence-corrected chi connectivity index (χ0v) is 20.5. The minimum Gasteiger partial charge on any atom is -0.462 e. The number of thiophene rings is 1. The minimum absolute atomic E-state index is 0.124. The SMILES string of the molecule is CCOC(=O)c1c(-c2ccccc2Cl)csc1NC(=O)COC(=O)CN1C(=O)c2ccccc2C1=O. The molecule has 0 saturated carbocycles. The van der Waals surface area contributed by atoms with E-state index in [4.69, 9.17) is 21.1 Å². The van der Waals surface area contributed by atoms with E-state index in [1.165, 1.54) is 12.1 Å². The van der Waals surface area contributed by atoms with Crippen LogP contribution in [0, 0.1) is 0 Å². The van der Waals surface area contributed by atoms with E-state index in [-0.39, 0.29) is 28.3 Å². The molecular formula is C25H19ClN2O7S. The number of carbonyl (C=O) groups is 5. The number of ether oxygens (including phenoxy) is 2. The Morgan fingerprint density at radius 1 is 0.917 bits per heavy atom. The summed E-state index contributed by atoms with van der Waals surface area (Å²) >= 11 is 7.37. The van der Waals surface area contributed by atoms with Crippen molar-refractivity contribution < 1.29 is 33.4 Å². The summed E-state index contributed by atoms with van der Waals surface area (Å²) < 4.78 is 10.1. The van der Waals surface area contributed by atoms with E-state index < -0.39 is 42.8 Å². The van der Waals surface area contributed by atoms with Crippen LogP contribution in [0.5, 0.6) is 0 Å². The van der Waals surface area contributed by atoms with Gasteiger partial charge in [-0.1, -0.05) is 41.9 Å². The zero-order chi connectivity index (χ0) is 25.8. The maximum Gasteiger partial charge on any atom is 0.341 e. The molecule has 1 aliphatic rings. The number of hydrogen-bond acceptors (Lipinski definition) is 8. The van der Waals surface area contributed by atoms with Crippen LogP contribution in [0.1, 0.15) is 38.0 Å². The van der Waals surface area contributed by atoms with Gasteiger partial charge in [0, 0.05) is 21.5 Å². The van der Waals surface area contributed by atoms with E-state index >= 15 is 0 Å². The van der Waals surface area contributed by atoms with Crippen LogP contribution in [-0.4, -0.2) is 54.3 Å². The van der Waals surface area contributed by atoms with Gasteiger partial charge in [-0.25, -0.2) is 4.79 Å². The number of amides is 3. The molecule has 0 radical (unpaired) electrons. The Morgan fingerprint density at radius 3 is 2.14 bits per heavy atom. The topological polar surface area (TPSA) is 119 Å². The third-order valence-corrected chi connectivity index (χ3v) is 6.44. The number of benzene rings is 2. The molecule has 9 nitrogen and oxygen atoms in total. The Bertz CT molecular complexity index is 1350. The molecule has 0 spiro atoms. The van der Waals surface area contributed by atoms with Crippen molar-refractivity contribution in [2.75, 3.05) is 25.1 Å². The molecule has 3 aromatic rings. The molecule has 36 heavy (non-hydrogen) atoms. The summed E-state index contributed by atoms with van der Waals surface area (Å²) in [5.41, 5.74) is 1.60. The van der Waals surface area contributed by atoms with Crippen molar-refractivity contribution in [3.63, 3.8) is 0 Å². The normalized spacial score (nSPS) is 12.3. The second-order valence-electron chi connectivity index (χ2n) is 7.50. The van der Waals surface area contributed by atoms with Gasteiger partial charge in [-0.2, -0.15) is 0 Å². The van der Waals surface area contributed by atoms with Crippen molar-refractivity contribution in [1.29, 1.82) is 0 Å². The summed E-state index contributed by atoms with van der Waals surface area (Å²) in [5, 5.41) is 4.83. The number of anilines is 1. The highest BCUT2D eigenvalue weighted by atomic mass is 35.5. The van der Waals surface area contributed by atoms with Crippen LogP contribution >= 0.6 is 22.9 Å². The molecule has 4 rings (SSSR count). The van der Waals surface area contributed by atoms with Gasteiger partial charge in [-0.15, -0.1) is 11.3 Å². The van der Waals surface area contributed by atoms with Gasteiger partial charge in [0.1, 0.15) is 17.1 Å². The lowest BCUT2D eigenvalue weighted by molar-refractivity contribution is -0.147. The number of imide groups is 1. The van der Waals surface area contributed by atoms with Crippen molar-refractivity contribution in [2.24, 2.45) is 0 Å². The summed E-state index contributed by atoms with van der Waals surface area (Å²) in [4.78, 5) is 62.9. The minimum atomic E-state index is -0.937. The molecule has 3 amide bonds. The van der Waals surface area contributed by atoms with E-state index in [2.05, 4.69) is 5.32 Å². The van der Waals surface area contributed by atoms with Crippen molar-refractivity contribution in [3.8, 4) is 11.1 Å². The summed E-state index contributed by atoms with van der Waals surface area (Å²) in [6, 6.07) is 13.1. The van der Waals surface area contributed by atoms with Crippen molar-refractivity contribution >= 4 is 57.6 Å². The fourth-order valence-electron chi connectivity index (χ4n) is 3.60. The first-order chi connectivity index (χ1) is 17.3. The number of nitrogens with one attached hydrogen (secondary N) is 1. The molecule has 0 atom stereocenters. The van der Waals surface area contributed by atoms with Crippen LogP contribution in [0.2, 0.25) is 5.02 Å². The molecule has 0 saturated heterocycles. The molecule has 1 N–H and O–H groups in total. The van der Waals surface area contributed by atoms with E-state index in [9.17, 15) is 24.0 Å². The average molecular weight is 527 g/mol. The number of nitrogens with zero attached hydrogens (tertiary/aromatic N) is 1. The lowest BCUT2D eigenvalue weighted by atomic mass is 10.0. The Kier molecular flexibility index (Phi) is 7.47. The first kappa shape index (κ1) is 25.1. The Hall–Kier alpha value is -4.02. The Labute approximate surface area is 214 Å². The third kappa shape index (κ3) is 5.00. The maximum absolute atomic E-state index is 12.7. The number of hydrogen-bond donors (Lipinski definition) is 1. The highest BCUT2D eigenvalue weighted by molar-refractivity contribution is 7.15. The van der Waals surface area contributed by atoms with Gasteiger partial charge in [0.15, 0.2) is 6.61 Å². The first-order valence-electron chi connectivity index (χ1n) is 10.8. The van der Waals surface area contributed by atoms with Gasteiger partial charge in [-0.3, -0.25) is 24.1 Å². The molecule has 0 aliphatic carbocycles. The molecule has 2 heterocycles. The summed E-state index contributed by atoms with van der Waals surface area (Å²) in [7, 11) is 0. The highest BCUT2D eigenvalue weighted by Gasteiger charge is 2.36. The van der Waals surface area contributed by atoms with Gasteiger partial charge in [-0.05, 0) is 25.1 Å². The summed E-state index contributed by atoms with van der Waals surface area (Å²) in [6.45, 7) is 0.456. The number of rotatable bonds is 8. The second-order valence-corrected chi connectivity index (χ2v) is 8.79. The third-order valence-electron chi connectivity index (χ3n) is 5.22. The van der Waals surface area contributed by atoms with E-state index in [1.807, 2.05) is 0 Å². The Morgan fingerprint density at radius 2 is 1.53 bits per heavy atom. The molecule has 1 aromatic heterocycles. The largest absolute Gasteiger partial charge is 0.462 e. The first-order valence-corrected chi connectivity index (χ1v) is 12.0. The van der Waals surface area contributed by atoms with Crippen LogP contribution < -0.4 is 5.32 Å². The van der Waals surface area contributed by atoms with Crippen molar-refractivity contribution in [1.82, 2.24) is 4.90 Å². The summed E-state index contributed by atoms with van der Waals surface area (Å²) in [5.74, 6) is -3.52. The summed E-state index contributed by atoms with van der Waals surface area (Å²) in [6.07, 6.45) is 0.